The maximum atomic E-state index is 5.28. The summed E-state index contributed by atoms with van der Waals surface area (Å²) < 4.78 is 10.5. The lowest BCUT2D eigenvalue weighted by atomic mass is 10.0. The summed E-state index contributed by atoms with van der Waals surface area (Å²) in [5, 5.41) is 0. The predicted molar refractivity (Wildman–Crippen MR) is 52.0 cm³/mol. The van der Waals surface area contributed by atoms with Gasteiger partial charge < -0.3 is 9.47 Å². The first-order chi connectivity index (χ1) is 6.18. The van der Waals surface area contributed by atoms with Crippen LogP contribution >= 0.6 is 0 Å². The van der Waals surface area contributed by atoms with Gasteiger partial charge in [-0.1, -0.05) is 12.2 Å². The fourth-order valence-electron chi connectivity index (χ4n) is 1.50. The Morgan fingerprint density at radius 1 is 1.31 bits per heavy atom. The fourth-order valence-corrected chi connectivity index (χ4v) is 1.50. The van der Waals surface area contributed by atoms with Crippen LogP contribution in [0.2, 0.25) is 0 Å². The normalized spacial score (nSPS) is 13.1. The summed E-state index contributed by atoms with van der Waals surface area (Å²) in [7, 11) is 0. The van der Waals surface area contributed by atoms with Crippen LogP contribution < -0.4 is 9.47 Å². The molecule has 0 atom stereocenters. The maximum absolute atomic E-state index is 5.28. The second kappa shape index (κ2) is 2.80. The average Bonchev–Trinajstić information content (AvgIpc) is 2.48. The van der Waals surface area contributed by atoms with Crippen molar-refractivity contribution in [2.75, 3.05) is 6.79 Å². The first kappa shape index (κ1) is 8.17. The van der Waals surface area contributed by atoms with E-state index in [1.54, 1.807) is 0 Å². The number of benzene rings is 1. The van der Waals surface area contributed by atoms with Crippen LogP contribution in [0.4, 0.5) is 0 Å². The predicted octanol–water partition coefficient (Wildman–Crippen LogP) is 2.76. The van der Waals surface area contributed by atoms with E-state index in [1.807, 2.05) is 26.0 Å². The van der Waals surface area contributed by atoms with Crippen molar-refractivity contribution in [3.05, 3.63) is 29.8 Å². The number of allylic oxidation sites excluding steroid dienone is 1. The lowest BCUT2D eigenvalue weighted by Gasteiger charge is -2.06. The molecule has 1 aliphatic heterocycles. The van der Waals surface area contributed by atoms with E-state index in [0.717, 1.165) is 22.6 Å². The zero-order valence-electron chi connectivity index (χ0n) is 7.89. The number of fused-ring (bicyclic) bond motifs is 1. The first-order valence-corrected chi connectivity index (χ1v) is 4.24. The Morgan fingerprint density at radius 2 is 1.92 bits per heavy atom. The molecule has 0 fully saturated rings. The van der Waals surface area contributed by atoms with Gasteiger partial charge >= 0.3 is 0 Å². The summed E-state index contributed by atoms with van der Waals surface area (Å²) in [6, 6.07) is 3.98. The molecule has 0 unspecified atom stereocenters. The van der Waals surface area contributed by atoms with Crippen molar-refractivity contribution in [3.63, 3.8) is 0 Å². The average molecular weight is 176 g/mol. The molecular formula is C11H12O2. The number of hydrogen-bond donors (Lipinski definition) is 0. The summed E-state index contributed by atoms with van der Waals surface area (Å²) in [6.45, 7) is 8.28. The van der Waals surface area contributed by atoms with E-state index in [9.17, 15) is 0 Å². The molecule has 1 heterocycles. The van der Waals surface area contributed by atoms with Crippen molar-refractivity contribution in [1.29, 1.82) is 0 Å². The van der Waals surface area contributed by atoms with Gasteiger partial charge in [-0.3, -0.25) is 0 Å². The van der Waals surface area contributed by atoms with Gasteiger partial charge in [0.1, 0.15) is 0 Å². The van der Waals surface area contributed by atoms with Crippen molar-refractivity contribution in [1.82, 2.24) is 0 Å². The van der Waals surface area contributed by atoms with Gasteiger partial charge in [0.05, 0.1) is 0 Å². The molecule has 2 nitrogen and oxygen atoms in total. The standard InChI is InChI=1S/C11H12O2/c1-7(2)9-5-11-10(4-8(9)3)12-6-13-11/h4-5H,1,6H2,2-3H3. The lowest BCUT2D eigenvalue weighted by Crippen LogP contribution is -1.92. The summed E-state index contributed by atoms with van der Waals surface area (Å²) in [6.07, 6.45) is 0. The Hall–Kier alpha value is -1.44. The minimum absolute atomic E-state index is 0.328. The SMILES string of the molecule is C=C(C)c1cc2c(cc1C)OCO2. The summed E-state index contributed by atoms with van der Waals surface area (Å²) in [5.41, 5.74) is 3.37. The van der Waals surface area contributed by atoms with Crippen LogP contribution in [0.15, 0.2) is 18.7 Å². The summed E-state index contributed by atoms with van der Waals surface area (Å²) in [5.74, 6) is 1.66. The van der Waals surface area contributed by atoms with E-state index in [-0.39, 0.29) is 0 Å². The van der Waals surface area contributed by atoms with Gasteiger partial charge in [0.25, 0.3) is 0 Å². The molecule has 1 aromatic carbocycles. The van der Waals surface area contributed by atoms with E-state index in [1.165, 1.54) is 5.56 Å². The quantitative estimate of drug-likeness (QED) is 0.655. The number of aryl methyl sites for hydroxylation is 1. The molecule has 2 heteroatoms. The fraction of sp³-hybridized carbons (Fsp3) is 0.273. The minimum atomic E-state index is 0.328. The molecule has 0 bridgehead atoms. The Labute approximate surface area is 77.8 Å². The molecule has 68 valence electrons. The van der Waals surface area contributed by atoms with Gasteiger partial charge in [0.2, 0.25) is 6.79 Å². The largest absolute Gasteiger partial charge is 0.454 e. The van der Waals surface area contributed by atoms with Crippen LogP contribution in [0.1, 0.15) is 18.1 Å². The molecule has 0 radical (unpaired) electrons. The van der Waals surface area contributed by atoms with Crippen LogP contribution in [-0.4, -0.2) is 6.79 Å². The molecule has 0 amide bonds. The third-order valence-corrected chi connectivity index (χ3v) is 2.18. The van der Waals surface area contributed by atoms with E-state index < -0.39 is 0 Å². The van der Waals surface area contributed by atoms with Gasteiger partial charge in [-0.2, -0.15) is 0 Å². The number of rotatable bonds is 1. The van der Waals surface area contributed by atoms with E-state index >= 15 is 0 Å². The van der Waals surface area contributed by atoms with Crippen molar-refractivity contribution in [2.24, 2.45) is 0 Å². The number of hydrogen-bond acceptors (Lipinski definition) is 2. The topological polar surface area (TPSA) is 18.5 Å². The molecular weight excluding hydrogens is 164 g/mol. The van der Waals surface area contributed by atoms with Crippen molar-refractivity contribution >= 4 is 5.57 Å². The van der Waals surface area contributed by atoms with Crippen LogP contribution in [0, 0.1) is 6.92 Å². The lowest BCUT2D eigenvalue weighted by molar-refractivity contribution is 0.174. The molecule has 0 aliphatic carbocycles. The van der Waals surface area contributed by atoms with Crippen LogP contribution in [0.25, 0.3) is 5.57 Å². The highest BCUT2D eigenvalue weighted by Crippen LogP contribution is 2.36. The molecule has 0 aromatic heterocycles. The second-order valence-electron chi connectivity index (χ2n) is 3.30. The Balaban J connectivity index is 2.55. The molecule has 0 spiro atoms. The highest BCUT2D eigenvalue weighted by atomic mass is 16.7. The molecule has 2 rings (SSSR count). The molecule has 1 aromatic rings. The molecule has 1 aliphatic rings. The van der Waals surface area contributed by atoms with E-state index in [0.29, 0.717) is 6.79 Å². The maximum Gasteiger partial charge on any atom is 0.231 e. The van der Waals surface area contributed by atoms with E-state index in [2.05, 4.69) is 6.58 Å². The van der Waals surface area contributed by atoms with Gasteiger partial charge in [-0.05, 0) is 37.1 Å². The first-order valence-electron chi connectivity index (χ1n) is 4.24. The molecule has 0 N–H and O–H groups in total. The highest BCUT2D eigenvalue weighted by Gasteiger charge is 2.15. The third kappa shape index (κ3) is 1.28. The van der Waals surface area contributed by atoms with E-state index in [4.69, 9.17) is 9.47 Å². The van der Waals surface area contributed by atoms with Crippen molar-refractivity contribution in [3.8, 4) is 11.5 Å². The van der Waals surface area contributed by atoms with Gasteiger partial charge in [0, 0.05) is 0 Å². The second-order valence-corrected chi connectivity index (χ2v) is 3.30. The van der Waals surface area contributed by atoms with Crippen LogP contribution in [0.5, 0.6) is 11.5 Å². The zero-order valence-corrected chi connectivity index (χ0v) is 7.89. The third-order valence-electron chi connectivity index (χ3n) is 2.18. The summed E-state index contributed by atoms with van der Waals surface area (Å²) in [4.78, 5) is 0. The Kier molecular flexibility index (Phi) is 1.76. The Morgan fingerprint density at radius 3 is 2.54 bits per heavy atom. The number of ether oxygens (including phenoxy) is 2. The van der Waals surface area contributed by atoms with Crippen LogP contribution in [-0.2, 0) is 0 Å². The molecule has 0 saturated carbocycles. The highest BCUT2D eigenvalue weighted by molar-refractivity contribution is 5.68. The Bertz CT molecular complexity index is 367. The summed E-state index contributed by atoms with van der Waals surface area (Å²) >= 11 is 0. The van der Waals surface area contributed by atoms with Gasteiger partial charge in [0.15, 0.2) is 11.5 Å². The smallest absolute Gasteiger partial charge is 0.231 e. The van der Waals surface area contributed by atoms with Gasteiger partial charge in [-0.25, -0.2) is 0 Å². The monoisotopic (exact) mass is 176 g/mol. The zero-order chi connectivity index (χ0) is 9.42. The van der Waals surface area contributed by atoms with Gasteiger partial charge in [-0.15, -0.1) is 0 Å². The van der Waals surface area contributed by atoms with Crippen LogP contribution in [0.3, 0.4) is 0 Å². The molecule has 0 saturated heterocycles. The minimum Gasteiger partial charge on any atom is -0.454 e. The molecule has 13 heavy (non-hydrogen) atoms. The van der Waals surface area contributed by atoms with Crippen molar-refractivity contribution < 1.29 is 9.47 Å². The van der Waals surface area contributed by atoms with Crippen molar-refractivity contribution in [2.45, 2.75) is 13.8 Å².